The molecule has 0 aliphatic carbocycles. The maximum absolute atomic E-state index is 10.9. The molecule has 0 aromatic heterocycles. The molecule has 0 spiro atoms. The van der Waals surface area contributed by atoms with Crippen LogP contribution in [0.15, 0.2) is 24.3 Å². The Morgan fingerprint density at radius 3 is 2.06 bits per heavy atom. The van der Waals surface area contributed by atoms with Gasteiger partial charge in [0.25, 0.3) is 0 Å². The van der Waals surface area contributed by atoms with Gasteiger partial charge in [-0.3, -0.25) is 4.79 Å². The number of nitrogens with two attached hydrogens (primary N) is 1. The van der Waals surface area contributed by atoms with Crippen molar-refractivity contribution in [1.29, 1.82) is 0 Å². The van der Waals surface area contributed by atoms with Crippen LogP contribution in [0.1, 0.15) is 36.9 Å². The molecular formula is C13H20N2O2. The minimum absolute atomic E-state index is 0.367. The number of benzene rings is 1. The third kappa shape index (κ3) is 3.28. The van der Waals surface area contributed by atoms with Crippen molar-refractivity contribution in [2.24, 2.45) is 5.73 Å². The van der Waals surface area contributed by atoms with Gasteiger partial charge in [0.2, 0.25) is 0 Å². The Morgan fingerprint density at radius 1 is 1.24 bits per heavy atom. The standard InChI is InChI=1S/C13H20N2O2/c1-8(2)9-4-6-10(7-5-9)12(15-3)11(14)13(16)17/h4-8,11-12,15H,14H2,1-3H3,(H,16,17). The van der Waals surface area contributed by atoms with Crippen molar-refractivity contribution < 1.29 is 9.90 Å². The van der Waals surface area contributed by atoms with E-state index in [9.17, 15) is 4.79 Å². The molecule has 0 radical (unpaired) electrons. The van der Waals surface area contributed by atoms with Crippen LogP contribution >= 0.6 is 0 Å². The number of carbonyl (C=O) groups is 1. The van der Waals surface area contributed by atoms with Gasteiger partial charge in [-0.15, -0.1) is 0 Å². The highest BCUT2D eigenvalue weighted by molar-refractivity contribution is 5.74. The molecule has 2 atom stereocenters. The summed E-state index contributed by atoms with van der Waals surface area (Å²) in [6, 6.07) is 6.58. The Balaban J connectivity index is 2.93. The molecule has 1 aromatic rings. The fourth-order valence-corrected chi connectivity index (χ4v) is 1.78. The largest absolute Gasteiger partial charge is 0.480 e. The Kier molecular flexibility index (Phi) is 4.66. The van der Waals surface area contributed by atoms with Crippen LogP contribution in [0.25, 0.3) is 0 Å². The Hall–Kier alpha value is -1.39. The number of hydrogen-bond donors (Lipinski definition) is 3. The van der Waals surface area contributed by atoms with Gasteiger partial charge in [0.15, 0.2) is 0 Å². The zero-order valence-electron chi connectivity index (χ0n) is 10.5. The van der Waals surface area contributed by atoms with Crippen molar-refractivity contribution in [3.63, 3.8) is 0 Å². The molecule has 0 aliphatic rings. The van der Waals surface area contributed by atoms with Crippen molar-refractivity contribution in [1.82, 2.24) is 5.32 Å². The summed E-state index contributed by atoms with van der Waals surface area (Å²) in [6.45, 7) is 4.24. The number of rotatable bonds is 5. The van der Waals surface area contributed by atoms with Gasteiger partial charge in [0.1, 0.15) is 6.04 Å². The van der Waals surface area contributed by atoms with E-state index < -0.39 is 12.0 Å². The van der Waals surface area contributed by atoms with Crippen LogP contribution in [-0.4, -0.2) is 24.2 Å². The second kappa shape index (κ2) is 5.80. The monoisotopic (exact) mass is 236 g/mol. The third-order valence-electron chi connectivity index (χ3n) is 2.92. The summed E-state index contributed by atoms with van der Waals surface area (Å²) in [7, 11) is 1.71. The highest BCUT2D eigenvalue weighted by atomic mass is 16.4. The SMILES string of the molecule is CNC(c1ccc(C(C)C)cc1)C(N)C(=O)O. The fourth-order valence-electron chi connectivity index (χ4n) is 1.78. The number of nitrogens with one attached hydrogen (secondary N) is 1. The number of carboxylic acids is 1. The van der Waals surface area contributed by atoms with E-state index in [1.54, 1.807) is 7.05 Å². The van der Waals surface area contributed by atoms with Gasteiger partial charge >= 0.3 is 5.97 Å². The van der Waals surface area contributed by atoms with E-state index >= 15 is 0 Å². The van der Waals surface area contributed by atoms with Gasteiger partial charge in [0.05, 0.1) is 6.04 Å². The summed E-state index contributed by atoms with van der Waals surface area (Å²) in [4.78, 5) is 10.9. The average Bonchev–Trinajstić information content (AvgIpc) is 2.30. The molecule has 4 nitrogen and oxygen atoms in total. The van der Waals surface area contributed by atoms with E-state index in [-0.39, 0.29) is 6.04 Å². The minimum Gasteiger partial charge on any atom is -0.480 e. The molecule has 0 saturated carbocycles. The maximum atomic E-state index is 10.9. The lowest BCUT2D eigenvalue weighted by molar-refractivity contribution is -0.139. The van der Waals surface area contributed by atoms with E-state index in [1.165, 1.54) is 5.56 Å². The molecule has 0 bridgehead atoms. The van der Waals surface area contributed by atoms with Gasteiger partial charge < -0.3 is 16.2 Å². The van der Waals surface area contributed by atoms with E-state index in [2.05, 4.69) is 19.2 Å². The molecule has 0 heterocycles. The first kappa shape index (κ1) is 13.7. The smallest absolute Gasteiger partial charge is 0.322 e. The summed E-state index contributed by atoms with van der Waals surface area (Å²) in [6.07, 6.45) is 0. The number of likely N-dealkylation sites (N-methyl/N-ethyl adjacent to an activating group) is 1. The van der Waals surface area contributed by atoms with Crippen molar-refractivity contribution in [3.05, 3.63) is 35.4 Å². The first-order chi connectivity index (χ1) is 7.97. The van der Waals surface area contributed by atoms with Gasteiger partial charge in [-0.1, -0.05) is 38.1 Å². The van der Waals surface area contributed by atoms with Gasteiger partial charge in [0, 0.05) is 0 Å². The van der Waals surface area contributed by atoms with Crippen LogP contribution < -0.4 is 11.1 Å². The van der Waals surface area contributed by atoms with Crippen LogP contribution in [-0.2, 0) is 4.79 Å². The molecule has 2 unspecified atom stereocenters. The van der Waals surface area contributed by atoms with E-state index in [0.29, 0.717) is 5.92 Å². The number of aliphatic carboxylic acids is 1. The summed E-state index contributed by atoms with van der Waals surface area (Å²) in [5, 5.41) is 11.9. The lowest BCUT2D eigenvalue weighted by Crippen LogP contribution is -2.42. The summed E-state index contributed by atoms with van der Waals surface area (Å²) in [5.41, 5.74) is 7.76. The topological polar surface area (TPSA) is 75.3 Å². The van der Waals surface area contributed by atoms with E-state index in [0.717, 1.165) is 5.56 Å². The van der Waals surface area contributed by atoms with Crippen molar-refractivity contribution in [3.8, 4) is 0 Å². The van der Waals surface area contributed by atoms with Crippen LogP contribution in [0.5, 0.6) is 0 Å². The average molecular weight is 236 g/mol. The van der Waals surface area contributed by atoms with Gasteiger partial charge in [-0.2, -0.15) is 0 Å². The molecular weight excluding hydrogens is 216 g/mol. The molecule has 1 rings (SSSR count). The molecule has 17 heavy (non-hydrogen) atoms. The van der Waals surface area contributed by atoms with Crippen LogP contribution in [0.3, 0.4) is 0 Å². The van der Waals surface area contributed by atoms with Crippen LogP contribution in [0, 0.1) is 0 Å². The second-order valence-corrected chi connectivity index (χ2v) is 4.45. The Labute approximate surface area is 102 Å². The number of carboxylic acid groups (broad SMARTS) is 1. The normalized spacial score (nSPS) is 14.6. The molecule has 4 heteroatoms. The predicted octanol–water partition coefficient (Wildman–Crippen LogP) is 1.48. The summed E-state index contributed by atoms with van der Waals surface area (Å²) >= 11 is 0. The molecule has 0 aliphatic heterocycles. The first-order valence-corrected chi connectivity index (χ1v) is 5.73. The number of hydrogen-bond acceptors (Lipinski definition) is 3. The first-order valence-electron chi connectivity index (χ1n) is 5.73. The van der Waals surface area contributed by atoms with Gasteiger partial charge in [-0.25, -0.2) is 0 Å². The molecule has 94 valence electrons. The fraction of sp³-hybridized carbons (Fsp3) is 0.462. The lowest BCUT2D eigenvalue weighted by Gasteiger charge is -2.21. The van der Waals surface area contributed by atoms with E-state index in [4.69, 9.17) is 10.8 Å². The molecule has 0 fully saturated rings. The quantitative estimate of drug-likeness (QED) is 0.724. The third-order valence-corrected chi connectivity index (χ3v) is 2.92. The summed E-state index contributed by atoms with van der Waals surface area (Å²) in [5.74, 6) is -0.539. The van der Waals surface area contributed by atoms with Gasteiger partial charge in [-0.05, 0) is 24.1 Å². The molecule has 0 amide bonds. The second-order valence-electron chi connectivity index (χ2n) is 4.45. The molecule has 1 aromatic carbocycles. The van der Waals surface area contributed by atoms with Crippen molar-refractivity contribution in [2.45, 2.75) is 31.8 Å². The van der Waals surface area contributed by atoms with Crippen LogP contribution in [0.4, 0.5) is 0 Å². The Bertz CT molecular complexity index is 374. The molecule has 4 N–H and O–H groups in total. The highest BCUT2D eigenvalue weighted by Gasteiger charge is 2.24. The predicted molar refractivity (Wildman–Crippen MR) is 67.9 cm³/mol. The van der Waals surface area contributed by atoms with E-state index in [1.807, 2.05) is 24.3 Å². The zero-order chi connectivity index (χ0) is 13.0. The Morgan fingerprint density at radius 2 is 1.71 bits per heavy atom. The maximum Gasteiger partial charge on any atom is 0.322 e. The van der Waals surface area contributed by atoms with Crippen molar-refractivity contribution in [2.75, 3.05) is 7.05 Å². The minimum atomic E-state index is -1.00. The summed E-state index contributed by atoms with van der Waals surface area (Å²) < 4.78 is 0. The zero-order valence-corrected chi connectivity index (χ0v) is 10.5. The van der Waals surface area contributed by atoms with Crippen LogP contribution in [0.2, 0.25) is 0 Å². The highest BCUT2D eigenvalue weighted by Crippen LogP contribution is 2.20. The lowest BCUT2D eigenvalue weighted by atomic mass is 9.96. The molecule has 0 saturated heterocycles. The van der Waals surface area contributed by atoms with Crippen molar-refractivity contribution >= 4 is 5.97 Å².